The number of amides is 1. The number of nitrogens with one attached hydrogen (secondary N) is 1. The monoisotopic (exact) mass is 168 g/mol. The molecule has 1 amide bonds. The molecular weight excluding hydrogens is 159 g/mol. The Balaban J connectivity index is 3.21. The number of nitrogen functional groups attached to an aromatic ring is 1. The number of nitrogens with two attached hydrogens (primary N) is 1. The molecule has 0 aliphatic rings. The molecule has 0 heterocycles. The van der Waals surface area contributed by atoms with E-state index in [1.807, 2.05) is 5.43 Å². The Bertz CT molecular complexity index is 292. The first-order valence-electron chi connectivity index (χ1n) is 3.43. The molecule has 0 aromatic heterocycles. The van der Waals surface area contributed by atoms with E-state index in [1.165, 1.54) is 12.1 Å². The molecule has 0 aliphatic carbocycles. The maximum atomic E-state index is 13.0. The number of rotatable bonds is 1. The van der Waals surface area contributed by atoms with Gasteiger partial charge in [-0.1, -0.05) is 12.1 Å². The summed E-state index contributed by atoms with van der Waals surface area (Å²) in [5.41, 5.74) is 2.45. The molecule has 0 unspecified atom stereocenters. The van der Waals surface area contributed by atoms with Crippen molar-refractivity contribution in [1.82, 2.24) is 5.43 Å². The zero-order chi connectivity index (χ0) is 9.14. The lowest BCUT2D eigenvalue weighted by Crippen LogP contribution is -2.31. The molecule has 4 heteroatoms. The minimum Gasteiger partial charge on any atom is -0.290 e. The highest BCUT2D eigenvalue weighted by atomic mass is 19.1. The molecule has 0 saturated carbocycles. The van der Waals surface area contributed by atoms with Gasteiger partial charge in [-0.3, -0.25) is 10.2 Å². The van der Waals surface area contributed by atoms with Gasteiger partial charge in [-0.25, -0.2) is 10.2 Å². The van der Waals surface area contributed by atoms with Crippen LogP contribution in [-0.2, 0) is 0 Å². The van der Waals surface area contributed by atoms with Gasteiger partial charge in [0, 0.05) is 0 Å². The summed E-state index contributed by atoms with van der Waals surface area (Å²) in [7, 11) is 0. The second-order valence-corrected chi connectivity index (χ2v) is 2.41. The predicted octanol–water partition coefficient (Wildman–Crippen LogP) is 0.738. The van der Waals surface area contributed by atoms with Crippen molar-refractivity contribution in [2.24, 2.45) is 5.84 Å². The fourth-order valence-corrected chi connectivity index (χ4v) is 0.992. The van der Waals surface area contributed by atoms with E-state index < -0.39 is 11.7 Å². The molecule has 12 heavy (non-hydrogen) atoms. The van der Waals surface area contributed by atoms with E-state index in [1.54, 1.807) is 13.0 Å². The van der Waals surface area contributed by atoms with Crippen molar-refractivity contribution < 1.29 is 9.18 Å². The van der Waals surface area contributed by atoms with Crippen LogP contribution in [-0.4, -0.2) is 5.91 Å². The number of carbonyl (C=O) groups excluding carboxylic acids is 1. The number of hydrogen-bond donors (Lipinski definition) is 2. The van der Waals surface area contributed by atoms with Gasteiger partial charge < -0.3 is 0 Å². The number of hydrogen-bond acceptors (Lipinski definition) is 2. The van der Waals surface area contributed by atoms with Gasteiger partial charge in [0.05, 0.1) is 5.56 Å². The van der Waals surface area contributed by atoms with Gasteiger partial charge in [-0.2, -0.15) is 0 Å². The van der Waals surface area contributed by atoms with E-state index in [0.717, 1.165) is 0 Å². The minimum atomic E-state index is -0.606. The van der Waals surface area contributed by atoms with Crippen LogP contribution in [0.25, 0.3) is 0 Å². The largest absolute Gasteiger partial charge is 0.290 e. The lowest BCUT2D eigenvalue weighted by molar-refractivity contribution is 0.0949. The van der Waals surface area contributed by atoms with Gasteiger partial charge in [0.25, 0.3) is 5.91 Å². The van der Waals surface area contributed by atoms with Crippen LogP contribution in [0.2, 0.25) is 0 Å². The van der Waals surface area contributed by atoms with Gasteiger partial charge >= 0.3 is 0 Å². The molecule has 64 valence electrons. The molecule has 0 saturated heterocycles. The Hall–Kier alpha value is -1.42. The Labute approximate surface area is 69.3 Å². The zero-order valence-electron chi connectivity index (χ0n) is 6.60. The number of aryl methyl sites for hydroxylation is 1. The highest BCUT2D eigenvalue weighted by molar-refractivity contribution is 5.95. The van der Waals surface area contributed by atoms with Gasteiger partial charge in [-0.05, 0) is 18.6 Å². The van der Waals surface area contributed by atoms with Crippen molar-refractivity contribution in [2.75, 3.05) is 0 Å². The summed E-state index contributed by atoms with van der Waals surface area (Å²) in [6.07, 6.45) is 0. The molecule has 3 N–H and O–H groups in total. The molecule has 0 atom stereocenters. The van der Waals surface area contributed by atoms with Gasteiger partial charge in [0.2, 0.25) is 0 Å². The molecule has 1 rings (SSSR count). The standard InChI is InChI=1S/C8H9FN2O/c1-5-3-2-4-6(9)7(5)8(12)11-10/h2-4H,10H2,1H3,(H,11,12). The average Bonchev–Trinajstić information content (AvgIpc) is 2.03. The van der Waals surface area contributed by atoms with Crippen LogP contribution in [0.5, 0.6) is 0 Å². The van der Waals surface area contributed by atoms with Crippen LogP contribution in [0.15, 0.2) is 18.2 Å². The normalized spacial score (nSPS) is 9.58. The van der Waals surface area contributed by atoms with Crippen molar-refractivity contribution in [3.8, 4) is 0 Å². The summed E-state index contributed by atoms with van der Waals surface area (Å²) in [6.45, 7) is 1.65. The van der Waals surface area contributed by atoms with Crippen LogP contribution in [0.4, 0.5) is 4.39 Å². The van der Waals surface area contributed by atoms with Crippen molar-refractivity contribution in [2.45, 2.75) is 6.92 Å². The highest BCUT2D eigenvalue weighted by Crippen LogP contribution is 2.11. The molecule has 0 radical (unpaired) electrons. The topological polar surface area (TPSA) is 55.1 Å². The van der Waals surface area contributed by atoms with E-state index >= 15 is 0 Å². The third kappa shape index (κ3) is 1.43. The lowest BCUT2D eigenvalue weighted by atomic mass is 10.1. The van der Waals surface area contributed by atoms with Crippen LogP contribution in [0, 0.1) is 12.7 Å². The average molecular weight is 168 g/mol. The summed E-state index contributed by atoms with van der Waals surface area (Å²) < 4.78 is 13.0. The molecule has 0 fully saturated rings. The molecule has 1 aromatic carbocycles. The Morgan fingerprint density at radius 3 is 2.75 bits per heavy atom. The predicted molar refractivity (Wildman–Crippen MR) is 42.8 cm³/mol. The molecule has 0 aliphatic heterocycles. The lowest BCUT2D eigenvalue weighted by Gasteiger charge is -2.03. The smallest absolute Gasteiger partial charge is 0.268 e. The van der Waals surface area contributed by atoms with E-state index in [4.69, 9.17) is 5.84 Å². The van der Waals surface area contributed by atoms with Crippen LogP contribution < -0.4 is 11.3 Å². The first-order valence-corrected chi connectivity index (χ1v) is 3.43. The van der Waals surface area contributed by atoms with E-state index in [-0.39, 0.29) is 5.56 Å². The summed E-state index contributed by atoms with van der Waals surface area (Å²) in [4.78, 5) is 11.0. The van der Waals surface area contributed by atoms with Gasteiger partial charge in [0.1, 0.15) is 5.82 Å². The fourth-order valence-electron chi connectivity index (χ4n) is 0.992. The number of hydrazine groups is 1. The third-order valence-corrected chi connectivity index (χ3v) is 1.58. The van der Waals surface area contributed by atoms with Gasteiger partial charge in [0.15, 0.2) is 0 Å². The Morgan fingerprint density at radius 2 is 2.25 bits per heavy atom. The second-order valence-electron chi connectivity index (χ2n) is 2.41. The summed E-state index contributed by atoms with van der Waals surface area (Å²) >= 11 is 0. The summed E-state index contributed by atoms with van der Waals surface area (Å²) in [5, 5.41) is 0. The van der Waals surface area contributed by atoms with Crippen molar-refractivity contribution in [3.63, 3.8) is 0 Å². The first-order chi connectivity index (χ1) is 5.66. The highest BCUT2D eigenvalue weighted by Gasteiger charge is 2.11. The molecule has 3 nitrogen and oxygen atoms in total. The number of carbonyl (C=O) groups is 1. The molecule has 0 bridgehead atoms. The zero-order valence-corrected chi connectivity index (χ0v) is 6.60. The van der Waals surface area contributed by atoms with Crippen LogP contribution >= 0.6 is 0 Å². The van der Waals surface area contributed by atoms with E-state index in [9.17, 15) is 9.18 Å². The van der Waals surface area contributed by atoms with Crippen molar-refractivity contribution >= 4 is 5.91 Å². The fraction of sp³-hybridized carbons (Fsp3) is 0.125. The first kappa shape index (κ1) is 8.67. The third-order valence-electron chi connectivity index (χ3n) is 1.58. The number of benzene rings is 1. The number of halogens is 1. The second kappa shape index (κ2) is 3.32. The maximum Gasteiger partial charge on any atom is 0.268 e. The summed E-state index contributed by atoms with van der Waals surface area (Å²) in [6, 6.07) is 4.41. The van der Waals surface area contributed by atoms with Crippen LogP contribution in [0.1, 0.15) is 15.9 Å². The molecule has 0 spiro atoms. The van der Waals surface area contributed by atoms with Crippen LogP contribution in [0.3, 0.4) is 0 Å². The molecular formula is C8H9FN2O. The Morgan fingerprint density at radius 1 is 1.58 bits per heavy atom. The van der Waals surface area contributed by atoms with E-state index in [2.05, 4.69) is 0 Å². The molecule has 1 aromatic rings. The SMILES string of the molecule is Cc1cccc(F)c1C(=O)NN. The van der Waals surface area contributed by atoms with E-state index in [0.29, 0.717) is 5.56 Å². The maximum absolute atomic E-state index is 13.0. The van der Waals surface area contributed by atoms with Crippen molar-refractivity contribution in [3.05, 3.63) is 35.1 Å². The van der Waals surface area contributed by atoms with Gasteiger partial charge in [-0.15, -0.1) is 0 Å². The quantitative estimate of drug-likeness (QED) is 0.369. The minimum absolute atomic E-state index is 0.000000000000000222. The van der Waals surface area contributed by atoms with Crippen molar-refractivity contribution in [1.29, 1.82) is 0 Å². The Kier molecular flexibility index (Phi) is 2.40. The summed E-state index contributed by atoms with van der Waals surface area (Å²) in [5.74, 6) is 3.71.